The van der Waals surface area contributed by atoms with E-state index in [0.29, 0.717) is 34.9 Å². The van der Waals surface area contributed by atoms with E-state index >= 15 is 14.4 Å². The van der Waals surface area contributed by atoms with Gasteiger partial charge >= 0.3 is 0 Å². The second-order valence-electron chi connectivity index (χ2n) is 34.3. The number of carbonyl (C=O) groups is 16. The number of imidazole rings is 1. The summed E-state index contributed by atoms with van der Waals surface area (Å²) in [6, 6.07) is -2.37. The van der Waals surface area contributed by atoms with Crippen LogP contribution >= 0.6 is 0 Å². The molecule has 0 unspecified atom stereocenters. The first kappa shape index (κ1) is 112. The molecule has 0 bridgehead atoms. The first-order valence-electron chi connectivity index (χ1n) is 47.3. The minimum absolute atomic E-state index is 0.00666. The van der Waals surface area contributed by atoms with Gasteiger partial charge in [-0.3, -0.25) is 82.1 Å². The number of unbranched alkanes of at least 4 members (excludes halogenated alkanes) is 12. The third-order valence-corrected chi connectivity index (χ3v) is 23.3. The molecule has 7 rings (SSSR count). The average molecular weight is 1940 g/mol. The van der Waals surface area contributed by atoms with Crippen LogP contribution in [0.2, 0.25) is 0 Å². The number of nitrogens with two attached hydrogens (primary N) is 4. The van der Waals surface area contributed by atoms with Gasteiger partial charge in [-0.1, -0.05) is 119 Å². The molecule has 48 nitrogen and oxygen atoms in total. The molecule has 0 spiro atoms. The van der Waals surface area contributed by atoms with Crippen LogP contribution in [-0.4, -0.2) is 314 Å². The molecule has 0 aliphatic carbocycles. The zero-order valence-corrected chi connectivity index (χ0v) is 78.0. The van der Waals surface area contributed by atoms with Crippen LogP contribution < -0.4 is 97.4 Å². The number of ether oxygens (including phenoxy) is 2. The smallest absolute Gasteiger partial charge is 0.246 e. The number of nitrogens with zero attached hydrogens (tertiary/aromatic N) is 5. The molecule has 2 aliphatic rings. The first-order valence-corrected chi connectivity index (χ1v) is 47.3. The maximum atomic E-state index is 15.3. The predicted octanol–water partition coefficient (Wildman–Crippen LogP) is -4.93. The molecular formula is C90H139N27O21. The molecule has 3 aromatic heterocycles. The number of benzene rings is 2. The number of fused-ring (bicyclic) bond motifs is 2. The number of para-hydroxylation sites is 1. The van der Waals surface area contributed by atoms with Crippen LogP contribution in [0, 0.1) is 5.41 Å². The summed E-state index contributed by atoms with van der Waals surface area (Å²) in [5, 5.41) is 90.9. The second-order valence-corrected chi connectivity index (χ2v) is 34.3. The Morgan fingerprint density at radius 3 is 1.87 bits per heavy atom. The molecule has 138 heavy (non-hydrogen) atoms. The van der Waals surface area contributed by atoms with Gasteiger partial charge < -0.3 is 137 Å². The van der Waals surface area contributed by atoms with Gasteiger partial charge in [0, 0.05) is 94.3 Å². The number of guanidine groups is 1. The highest BCUT2D eigenvalue weighted by molar-refractivity contribution is 6.01. The molecule has 5 aromatic rings. The van der Waals surface area contributed by atoms with E-state index in [1.807, 2.05) is 6.07 Å². The van der Waals surface area contributed by atoms with Crippen molar-refractivity contribution in [3.63, 3.8) is 0 Å². The number of hydrogen-bond donors (Lipinski definition) is 25. The van der Waals surface area contributed by atoms with E-state index in [9.17, 15) is 77.6 Å². The predicted molar refractivity (Wildman–Crippen MR) is 500 cm³/mol. The summed E-state index contributed by atoms with van der Waals surface area (Å²) < 4.78 is 10.8. The van der Waals surface area contributed by atoms with Gasteiger partial charge in [-0.25, -0.2) is 10.1 Å². The summed E-state index contributed by atoms with van der Waals surface area (Å²) in [6.07, 6.45) is 16.0. The summed E-state index contributed by atoms with van der Waals surface area (Å²) in [6.45, 7) is -3.62. The van der Waals surface area contributed by atoms with Gasteiger partial charge in [0.2, 0.25) is 88.6 Å². The number of aliphatic hydroxyl groups is 3. The van der Waals surface area contributed by atoms with E-state index < -0.39 is 232 Å². The number of aromatic nitrogens is 7. The van der Waals surface area contributed by atoms with Crippen LogP contribution in [0.1, 0.15) is 190 Å². The van der Waals surface area contributed by atoms with Crippen LogP contribution in [-0.2, 0) is 112 Å². The fraction of sp³-hybridized carbons (Fsp3) is 0.611. The number of tetrazole rings is 1. The molecular weight excluding hydrogens is 1800 g/mol. The number of aliphatic hydroxyl groups excluding tert-OH is 3. The van der Waals surface area contributed by atoms with Crippen molar-refractivity contribution in [2.45, 2.75) is 265 Å². The molecule has 2 fully saturated rings. The number of rotatable bonds is 56. The number of amides is 15. The Labute approximate surface area is 799 Å². The number of H-pyrrole nitrogens is 3. The number of Topliss-reactive ketones (excluding diaryl/α,β-unsaturated/α-hetero) is 1. The lowest BCUT2D eigenvalue weighted by molar-refractivity contribution is -0.143. The van der Waals surface area contributed by atoms with E-state index in [2.05, 4.69) is 110 Å². The summed E-state index contributed by atoms with van der Waals surface area (Å²) in [4.78, 5) is 235. The van der Waals surface area contributed by atoms with Gasteiger partial charge in [0.1, 0.15) is 84.7 Å². The van der Waals surface area contributed by atoms with Gasteiger partial charge in [-0.05, 0) is 111 Å². The van der Waals surface area contributed by atoms with Crippen LogP contribution in [0.15, 0.2) is 73.3 Å². The maximum absolute atomic E-state index is 15.3. The van der Waals surface area contributed by atoms with Crippen LogP contribution in [0.25, 0.3) is 10.9 Å². The minimum Gasteiger partial charge on any atom is -0.394 e. The van der Waals surface area contributed by atoms with Gasteiger partial charge in [0.15, 0.2) is 5.96 Å². The van der Waals surface area contributed by atoms with Crippen molar-refractivity contribution >= 4 is 111 Å². The Morgan fingerprint density at radius 1 is 0.587 bits per heavy atom. The third kappa shape index (κ3) is 41.9. The van der Waals surface area contributed by atoms with Gasteiger partial charge in [0.25, 0.3) is 0 Å². The molecule has 0 saturated carbocycles. The second kappa shape index (κ2) is 62.7. The standard InChI is InChI=1S/C90H139N27O21/c91-36-21-28-64(80(127)108-67-33-32-59(120)49-96-37-20-19-27-63(79(93)126)104-84(131)69(44-57-47-100-62-26-18-17-25-61(57)62)109-81(128)65(29-22-38-99-90(94)95)105-83(130)68(43-56-23-13-12-14-24-56)111-88(135)73-46-60(121)51-117(73)89(67)136)106-87(134)72(53-119)112-85(132)70(45-58-48-97-55-102-58)110-82(129)66(34-35-74(92)122)107-86(133)71(52-118)103-77(124)50-101-78(125)54-138-42-41-137-40-39-98-76(123)31-16-11-9-7-5-3-1-2-4-6-8-10-15-30-75-113-115-116-114-75/h12-14,17-18,23-26,47-48,55,60,63-73,96,100,118-119,121H,1-11,15-16,19-22,27-46,49-54,91H2,(H2,92,122)(H2,93,126)(H,97,102)(H,98,123)(H,101,125)(H,103,124)(H,104,131)(H,105,130)(H,106,134)(H,107,133)(H,108,127)(H,109,128)(H,110,129)(H,111,135)(H,112,132)(H4,94,95,99)(H,113,114,115,116)/t60-,63+,64+,65+,66+,67+,68-,69+,70+,71+,72+,73+/m1/s1. The number of carbonyl (C=O) groups excluding carboxylic acids is 16. The number of primary amides is 2. The molecule has 29 N–H and O–H groups in total. The molecule has 12 atom stereocenters. The Balaban J connectivity index is 0.952. The SMILES string of the molecule is N=C(N)NCCC[C@@H]1NC(=O)[C@@H](Cc2ccccc2)NC(=O)[C@@H]2C[C@@H](O)CN2C(=O)[C@@H](NC(=O)[C@H](CCCN)NC(=O)[C@H](CO)NC(=O)[C@H](Cc2c[nH]cn2)NC(=O)[C@H](CCC(N)=O)NC(=O)[C@H](CO)NC(=O)CNC(=O)COCCOCCNC(=O)CCCCCCCCCCCCCCCc2nnn[nH]2)CCC(=O)CNCCCC[C@@H](C(N)=O)NC(=O)[C@H](Cc2c[nH]c3ccccc23)NC1=O. The van der Waals surface area contributed by atoms with Gasteiger partial charge in [0.05, 0.1) is 64.2 Å². The topological polar surface area (TPSA) is 751 Å². The zero-order chi connectivity index (χ0) is 99.9. The van der Waals surface area contributed by atoms with E-state index in [0.717, 1.165) is 49.2 Å². The summed E-state index contributed by atoms with van der Waals surface area (Å²) >= 11 is 0. The highest BCUT2D eigenvalue weighted by Crippen LogP contribution is 2.24. The normalized spacial score (nSPS) is 18.8. The van der Waals surface area contributed by atoms with E-state index in [1.165, 1.54) is 63.9 Å². The number of aryl methyl sites for hydroxylation is 1. The quantitative estimate of drug-likeness (QED) is 0.00985. The van der Waals surface area contributed by atoms with Gasteiger partial charge in [-0.15, -0.1) is 5.10 Å². The molecule has 0 radical (unpaired) electrons. The van der Waals surface area contributed by atoms with Crippen LogP contribution in [0.5, 0.6) is 0 Å². The zero-order valence-electron chi connectivity index (χ0n) is 78.0. The maximum Gasteiger partial charge on any atom is 0.246 e. The Morgan fingerprint density at radius 2 is 1.20 bits per heavy atom. The Kier molecular flexibility index (Phi) is 50.8. The molecule has 48 heteroatoms. The van der Waals surface area contributed by atoms with E-state index in [4.69, 9.17) is 37.8 Å². The van der Waals surface area contributed by atoms with E-state index in [1.54, 1.807) is 54.7 Å². The number of ketones is 1. The number of aromatic amines is 3. The van der Waals surface area contributed by atoms with Crippen molar-refractivity contribution in [2.24, 2.45) is 22.9 Å². The largest absolute Gasteiger partial charge is 0.394 e. The summed E-state index contributed by atoms with van der Waals surface area (Å²) in [7, 11) is 0. The van der Waals surface area contributed by atoms with Crippen molar-refractivity contribution in [3.05, 3.63) is 96.0 Å². The number of hydrogen-bond acceptors (Lipinski definition) is 28. The van der Waals surface area contributed by atoms with E-state index in [-0.39, 0.29) is 121 Å². The van der Waals surface area contributed by atoms with Crippen molar-refractivity contribution in [1.29, 1.82) is 5.41 Å². The highest BCUT2D eigenvalue weighted by atomic mass is 16.5. The van der Waals surface area contributed by atoms with Crippen molar-refractivity contribution in [3.8, 4) is 0 Å². The Bertz CT molecular complexity index is 4680. The molecule has 2 saturated heterocycles. The first-order chi connectivity index (χ1) is 66.5. The summed E-state index contributed by atoms with van der Waals surface area (Å²) in [5.41, 5.74) is 24.8. The lowest BCUT2D eigenvalue weighted by atomic mass is 10.0. The van der Waals surface area contributed by atoms with Crippen molar-refractivity contribution < 1.29 is 102 Å². The van der Waals surface area contributed by atoms with Crippen LogP contribution in [0.3, 0.4) is 0 Å². The fourth-order valence-corrected chi connectivity index (χ4v) is 15.7. The molecule has 760 valence electrons. The average Bonchev–Trinajstić information content (AvgIpc) is 1.67. The lowest BCUT2D eigenvalue weighted by Gasteiger charge is -2.31. The molecule has 2 aliphatic heterocycles. The molecule has 15 amide bonds. The van der Waals surface area contributed by atoms with Gasteiger partial charge in [-0.2, -0.15) is 0 Å². The van der Waals surface area contributed by atoms with Crippen molar-refractivity contribution in [2.75, 3.05) is 85.5 Å². The van der Waals surface area contributed by atoms with Crippen LogP contribution in [0.4, 0.5) is 0 Å². The highest BCUT2D eigenvalue weighted by Gasteiger charge is 2.44. The minimum atomic E-state index is -1.95. The third-order valence-electron chi connectivity index (χ3n) is 23.3. The summed E-state index contributed by atoms with van der Waals surface area (Å²) in [5.74, 6) is -14.1. The number of nitrogens with one attached hydrogen (secondary N) is 18. The fourth-order valence-electron chi connectivity index (χ4n) is 15.7. The lowest BCUT2D eigenvalue weighted by Crippen LogP contribution is -2.61. The van der Waals surface area contributed by atoms with Crippen molar-refractivity contribution in [1.82, 2.24) is 115 Å². The Hall–Kier alpha value is -13.0. The monoisotopic (exact) mass is 1930 g/mol. The molecule has 2 aromatic carbocycles. The molecule has 5 heterocycles.